The van der Waals surface area contributed by atoms with E-state index in [1.807, 2.05) is 6.92 Å². The number of aliphatic hydroxyl groups excluding tert-OH is 21. The normalized spacial score (nSPS) is 55.0. The first kappa shape index (κ1) is 78.7. The summed E-state index contributed by atoms with van der Waals surface area (Å²) in [6, 6.07) is 0. The highest BCUT2D eigenvalue weighted by molar-refractivity contribution is 5.16. The Bertz CT molecular complexity index is 2570. The number of aliphatic hydroxyl groups is 21. The molecule has 4 saturated carbocycles. The Labute approximate surface area is 571 Å². The number of hydrogen-bond acceptors (Lipinski definition) is 35. The van der Waals surface area contributed by atoms with Crippen molar-refractivity contribution in [3.8, 4) is 0 Å². The van der Waals surface area contributed by atoms with E-state index in [0.29, 0.717) is 37.5 Å². The summed E-state index contributed by atoms with van der Waals surface area (Å²) in [5.74, 6) is 0.191. The van der Waals surface area contributed by atoms with E-state index in [9.17, 15) is 107 Å². The molecule has 35 heteroatoms. The lowest BCUT2D eigenvalue weighted by atomic mass is 9.44. The molecule has 35 nitrogen and oxygen atoms in total. The lowest BCUT2D eigenvalue weighted by Crippen LogP contribution is -2.69. The Morgan fingerprint density at radius 1 is 0.434 bits per heavy atom. The second kappa shape index (κ2) is 31.8. The zero-order valence-electron chi connectivity index (χ0n) is 56.0. The average molecular weight is 1440 g/mol. The number of fused-ring (bicyclic) bond motifs is 7. The molecular formula is C64H108O35. The smallest absolute Gasteiger partial charge is 0.187 e. The third kappa shape index (κ3) is 14.6. The molecule has 21 N–H and O–H groups in total. The van der Waals surface area contributed by atoms with Crippen LogP contribution in [0.15, 0.2) is 0 Å². The van der Waals surface area contributed by atoms with E-state index >= 15 is 0 Å². The maximum Gasteiger partial charge on any atom is 0.187 e. The summed E-state index contributed by atoms with van der Waals surface area (Å²) in [7, 11) is 1.67. The molecule has 0 amide bonds. The van der Waals surface area contributed by atoms with Crippen LogP contribution in [0, 0.1) is 52.3 Å². The SMILES string of the molecule is COC1(CCC(C)CO[C@@H]2O[C@H](CO)[C@@H](O)[C@H](O)[C@H]2O)O[C@H]2C[C@H]3[C@@H]4CCC5C[C@@H](O[C@@H]6O[C@H](CO)[C@H](O[C@@H]7O[C@H](CO)[C@@H](O)[C@H](O[C@@H]8O[C@H](CO)[C@@H](O)[C@H](O)[C@H]8O)[C@H]7O[C@@H]7O[C@H](CO)[C@@H](O)[C@H](O[C@@H]8O[C@H](CO)[C@@H](O)[C@H](O)[C@H]8O)[C@H]7O)[C@H](O)[C@H]6O)[C@H](O)C[C@]5(C)[C@H]4CC[C@]3(C)[C@H]2[C@@H]1C. The molecule has 0 spiro atoms. The minimum absolute atomic E-state index is 0.0188. The number of ether oxygens (including phenoxy) is 14. The molecule has 43 atom stereocenters. The van der Waals surface area contributed by atoms with Crippen molar-refractivity contribution < 1.29 is 174 Å². The molecule has 0 bridgehead atoms. The van der Waals surface area contributed by atoms with Gasteiger partial charge in [-0.3, -0.25) is 0 Å². The summed E-state index contributed by atoms with van der Waals surface area (Å²) in [6.07, 6.45) is -51.7. The summed E-state index contributed by atoms with van der Waals surface area (Å²) in [5, 5.41) is 228. The van der Waals surface area contributed by atoms with Crippen LogP contribution in [0.25, 0.3) is 0 Å². The Hall–Kier alpha value is -1.40. The molecule has 7 heterocycles. The fourth-order valence-corrected chi connectivity index (χ4v) is 19.0. The van der Waals surface area contributed by atoms with Crippen LogP contribution in [-0.4, -0.2) is 369 Å². The standard InChI is InChI=1S/C64H108O35/c1-22(21-87-56-47(81)43(77)38(72)31(15-65)89-56)8-11-64(86-5)23(2)37-30(99-64)13-27-25-7-6-24-12-29(28(71)14-63(24,4)26(25)9-10-62(27,37)3)88-57-50(84)46(80)52(36(20-70)94-57)95-61-55(54(42(76)35(19-69)93-61)97-59-49(83)45(79)40(74)33(17-67)91-59)98-60-51(85)53(41(75)34(18-68)92-60)96-58-48(82)44(78)39(73)32(16-66)90-58/h22-61,65-85H,6-21H2,1-5H3/t22?,23-,24?,25+,26-,27-,28+,29+,30-,31+,32+,33+,34+,35+,36+,37-,38+,39+,40+,41+,42+,43-,44-,45-,46+,47+,48+,49+,50+,51+,52-,53-,54-,55+,56+,57+,58-,59-,60-,61-,62-,63-,64?/m0/s1. The Balaban J connectivity index is 0.756. The van der Waals surface area contributed by atoms with Crippen molar-refractivity contribution in [2.75, 3.05) is 53.4 Å². The van der Waals surface area contributed by atoms with Gasteiger partial charge in [-0.1, -0.05) is 27.7 Å². The average Bonchev–Trinajstić information content (AvgIpc) is 1.56. The molecule has 11 rings (SSSR count). The van der Waals surface area contributed by atoms with E-state index in [2.05, 4.69) is 20.8 Å². The molecule has 11 fully saturated rings. The molecule has 7 saturated heterocycles. The van der Waals surface area contributed by atoms with E-state index < -0.39 is 242 Å². The largest absolute Gasteiger partial charge is 0.394 e. The van der Waals surface area contributed by atoms with Gasteiger partial charge in [-0.25, -0.2) is 0 Å². The molecule has 0 aromatic heterocycles. The third-order valence-corrected chi connectivity index (χ3v) is 24.7. The topological polar surface area (TPSA) is 554 Å². The highest BCUT2D eigenvalue weighted by Crippen LogP contribution is 2.71. The second-order valence-corrected chi connectivity index (χ2v) is 30.2. The van der Waals surface area contributed by atoms with Gasteiger partial charge in [-0.15, -0.1) is 0 Å². The number of hydrogen-bond donors (Lipinski definition) is 21. The van der Waals surface area contributed by atoms with Gasteiger partial charge in [0.2, 0.25) is 0 Å². The highest BCUT2D eigenvalue weighted by Gasteiger charge is 2.70. The molecule has 3 unspecified atom stereocenters. The van der Waals surface area contributed by atoms with Gasteiger partial charge >= 0.3 is 0 Å². The maximum atomic E-state index is 12.2. The molecule has 574 valence electrons. The van der Waals surface area contributed by atoms with Gasteiger partial charge < -0.3 is 174 Å². The Morgan fingerprint density at radius 3 is 1.44 bits per heavy atom. The van der Waals surface area contributed by atoms with E-state index in [1.165, 1.54) is 0 Å². The van der Waals surface area contributed by atoms with Gasteiger partial charge in [0.05, 0.1) is 64.6 Å². The lowest BCUT2D eigenvalue weighted by Gasteiger charge is -2.62. The van der Waals surface area contributed by atoms with E-state index in [1.54, 1.807) is 7.11 Å². The van der Waals surface area contributed by atoms with Crippen LogP contribution in [0.3, 0.4) is 0 Å². The summed E-state index contributed by atoms with van der Waals surface area (Å²) >= 11 is 0. The van der Waals surface area contributed by atoms with E-state index in [-0.39, 0.29) is 53.1 Å². The van der Waals surface area contributed by atoms with Crippen LogP contribution in [0.1, 0.15) is 85.5 Å². The van der Waals surface area contributed by atoms with Gasteiger partial charge in [0.25, 0.3) is 0 Å². The monoisotopic (exact) mass is 1440 g/mol. The Morgan fingerprint density at radius 2 is 0.889 bits per heavy atom. The van der Waals surface area contributed by atoms with Gasteiger partial charge in [0.15, 0.2) is 43.5 Å². The molecule has 11 aliphatic rings. The van der Waals surface area contributed by atoms with Crippen LogP contribution < -0.4 is 0 Å². The molecule has 99 heavy (non-hydrogen) atoms. The predicted molar refractivity (Wildman–Crippen MR) is 323 cm³/mol. The van der Waals surface area contributed by atoms with Crippen LogP contribution in [-0.2, 0) is 66.3 Å². The van der Waals surface area contributed by atoms with E-state index in [4.69, 9.17) is 66.3 Å². The fourth-order valence-electron chi connectivity index (χ4n) is 19.0. The summed E-state index contributed by atoms with van der Waals surface area (Å²) < 4.78 is 84.6. The molecule has 0 radical (unpaired) electrons. The molecule has 7 aliphatic heterocycles. The molecule has 0 aromatic rings. The first-order valence-electron chi connectivity index (χ1n) is 34.9. The van der Waals surface area contributed by atoms with Crippen molar-refractivity contribution in [2.24, 2.45) is 52.3 Å². The minimum Gasteiger partial charge on any atom is -0.394 e. The molecular weight excluding hydrogens is 1330 g/mol. The minimum atomic E-state index is -2.27. The lowest BCUT2D eigenvalue weighted by molar-refractivity contribution is -0.412. The van der Waals surface area contributed by atoms with Crippen molar-refractivity contribution in [2.45, 2.75) is 294 Å². The zero-order chi connectivity index (χ0) is 71.8. The fraction of sp³-hybridized carbons (Fsp3) is 1.00. The molecule has 4 aliphatic carbocycles. The van der Waals surface area contributed by atoms with Crippen molar-refractivity contribution in [3.63, 3.8) is 0 Å². The highest BCUT2D eigenvalue weighted by atomic mass is 16.8. The van der Waals surface area contributed by atoms with Gasteiger partial charge in [-0.2, -0.15) is 0 Å². The van der Waals surface area contributed by atoms with Crippen LogP contribution in [0.4, 0.5) is 0 Å². The molecule has 0 aromatic carbocycles. The summed E-state index contributed by atoms with van der Waals surface area (Å²) in [5.41, 5.74) is -0.426. The van der Waals surface area contributed by atoms with Crippen LogP contribution in [0.2, 0.25) is 0 Å². The van der Waals surface area contributed by atoms with Crippen molar-refractivity contribution in [3.05, 3.63) is 0 Å². The first-order chi connectivity index (χ1) is 47.0. The predicted octanol–water partition coefficient (Wildman–Crippen LogP) is -8.68. The summed E-state index contributed by atoms with van der Waals surface area (Å²) in [4.78, 5) is 0. The van der Waals surface area contributed by atoms with Crippen LogP contribution in [0.5, 0.6) is 0 Å². The number of rotatable bonds is 23. The zero-order valence-corrected chi connectivity index (χ0v) is 56.0. The number of methoxy groups -OCH3 is 1. The second-order valence-electron chi connectivity index (χ2n) is 30.2. The third-order valence-electron chi connectivity index (χ3n) is 24.7. The van der Waals surface area contributed by atoms with Crippen molar-refractivity contribution in [1.82, 2.24) is 0 Å². The maximum absolute atomic E-state index is 12.2. The van der Waals surface area contributed by atoms with Crippen molar-refractivity contribution in [1.29, 1.82) is 0 Å². The quantitative estimate of drug-likeness (QED) is 0.0423. The van der Waals surface area contributed by atoms with Gasteiger partial charge in [0, 0.05) is 19.4 Å². The van der Waals surface area contributed by atoms with Gasteiger partial charge in [-0.05, 0) is 97.7 Å². The van der Waals surface area contributed by atoms with E-state index in [0.717, 1.165) is 32.1 Å². The van der Waals surface area contributed by atoms with Crippen LogP contribution >= 0.6 is 0 Å². The van der Waals surface area contributed by atoms with Crippen molar-refractivity contribution >= 4 is 0 Å². The Kier molecular flexibility index (Phi) is 25.3. The first-order valence-corrected chi connectivity index (χ1v) is 34.9. The van der Waals surface area contributed by atoms with Gasteiger partial charge in [0.1, 0.15) is 146 Å². The summed E-state index contributed by atoms with van der Waals surface area (Å²) in [6.45, 7) is 3.55.